The van der Waals surface area contributed by atoms with Gasteiger partial charge in [-0.2, -0.15) is 0 Å². The van der Waals surface area contributed by atoms with Gasteiger partial charge in [0, 0.05) is 5.69 Å². The van der Waals surface area contributed by atoms with Gasteiger partial charge in [0.2, 0.25) is 0 Å². The summed E-state index contributed by atoms with van der Waals surface area (Å²) in [6.45, 7) is 0.363. The fourth-order valence-electron chi connectivity index (χ4n) is 2.46. The van der Waals surface area contributed by atoms with Crippen LogP contribution in [0.5, 0.6) is 5.75 Å². The lowest BCUT2D eigenvalue weighted by Gasteiger charge is -2.30. The summed E-state index contributed by atoms with van der Waals surface area (Å²) < 4.78 is 5.09. The Morgan fingerprint density at radius 1 is 1.29 bits per heavy atom. The fraction of sp³-hybridized carbons (Fsp3) is 0.533. The van der Waals surface area contributed by atoms with Gasteiger partial charge in [-0.25, -0.2) is 0 Å². The lowest BCUT2D eigenvalue weighted by molar-refractivity contribution is 0.0132. The zero-order valence-corrected chi connectivity index (χ0v) is 14.7. The maximum Gasteiger partial charge on any atom is 0.193 e. The van der Waals surface area contributed by atoms with Gasteiger partial charge in [0.15, 0.2) is 5.96 Å². The third-order valence-corrected chi connectivity index (χ3v) is 3.69. The zero-order valence-electron chi connectivity index (χ0n) is 12.3. The second-order valence-corrected chi connectivity index (χ2v) is 5.34. The Bertz CT molecular complexity index is 456. The highest BCUT2D eigenvalue weighted by atomic mass is 127. The van der Waals surface area contributed by atoms with Crippen LogP contribution in [0.1, 0.15) is 32.1 Å². The molecule has 0 heterocycles. The van der Waals surface area contributed by atoms with Crippen LogP contribution in [0.15, 0.2) is 29.3 Å². The molecular weight excluding hydrogens is 381 g/mol. The molecule has 1 aromatic rings. The molecule has 1 saturated carbocycles. The van der Waals surface area contributed by atoms with Crippen molar-refractivity contribution in [1.29, 1.82) is 0 Å². The normalized spacial score (nSPS) is 17.7. The molecule has 5 nitrogen and oxygen atoms in total. The van der Waals surface area contributed by atoms with Crippen LogP contribution in [0.4, 0.5) is 5.69 Å². The lowest BCUT2D eigenvalue weighted by atomic mass is 9.85. The van der Waals surface area contributed by atoms with E-state index < -0.39 is 5.60 Å². The molecule has 4 N–H and O–H groups in total. The zero-order chi connectivity index (χ0) is 14.4. The minimum absolute atomic E-state index is 0. The van der Waals surface area contributed by atoms with Crippen LogP contribution in [0.3, 0.4) is 0 Å². The van der Waals surface area contributed by atoms with Crippen molar-refractivity contribution in [2.24, 2.45) is 10.7 Å². The summed E-state index contributed by atoms with van der Waals surface area (Å²) in [7, 11) is 1.63. The number of hydrogen-bond donors (Lipinski definition) is 3. The molecule has 21 heavy (non-hydrogen) atoms. The van der Waals surface area contributed by atoms with Gasteiger partial charge in [-0.1, -0.05) is 19.3 Å². The number of methoxy groups -OCH3 is 1. The van der Waals surface area contributed by atoms with Crippen LogP contribution in [0, 0.1) is 0 Å². The van der Waals surface area contributed by atoms with E-state index in [0.29, 0.717) is 12.5 Å². The number of rotatable bonds is 4. The summed E-state index contributed by atoms with van der Waals surface area (Å²) >= 11 is 0. The van der Waals surface area contributed by atoms with Gasteiger partial charge < -0.3 is 20.9 Å². The number of guanidine groups is 1. The molecule has 0 aliphatic heterocycles. The van der Waals surface area contributed by atoms with E-state index in [1.54, 1.807) is 7.11 Å². The van der Waals surface area contributed by atoms with Gasteiger partial charge in [-0.15, -0.1) is 24.0 Å². The van der Waals surface area contributed by atoms with Gasteiger partial charge in [0.05, 0.1) is 19.3 Å². The van der Waals surface area contributed by atoms with E-state index in [-0.39, 0.29) is 24.0 Å². The second kappa shape index (κ2) is 8.43. The number of aliphatic imine (C=N–C) groups is 1. The number of anilines is 1. The number of nitrogens with zero attached hydrogens (tertiary/aromatic N) is 1. The lowest BCUT2D eigenvalue weighted by Crippen LogP contribution is -2.36. The second-order valence-electron chi connectivity index (χ2n) is 5.34. The van der Waals surface area contributed by atoms with Crippen molar-refractivity contribution < 1.29 is 9.84 Å². The highest BCUT2D eigenvalue weighted by Crippen LogP contribution is 2.28. The van der Waals surface area contributed by atoms with Crippen molar-refractivity contribution in [3.63, 3.8) is 0 Å². The molecule has 1 aliphatic carbocycles. The van der Waals surface area contributed by atoms with Gasteiger partial charge in [-0.3, -0.25) is 4.99 Å². The Labute approximate surface area is 143 Å². The number of nitrogens with one attached hydrogen (secondary N) is 1. The van der Waals surface area contributed by atoms with E-state index in [9.17, 15) is 5.11 Å². The quantitative estimate of drug-likeness (QED) is 0.409. The summed E-state index contributed by atoms with van der Waals surface area (Å²) in [4.78, 5) is 4.26. The smallest absolute Gasteiger partial charge is 0.193 e. The number of benzene rings is 1. The Morgan fingerprint density at radius 2 is 1.90 bits per heavy atom. The molecule has 6 heteroatoms. The Kier molecular flexibility index (Phi) is 7.24. The first-order valence-electron chi connectivity index (χ1n) is 7.05. The largest absolute Gasteiger partial charge is 0.497 e. The molecule has 118 valence electrons. The van der Waals surface area contributed by atoms with Crippen LogP contribution in [-0.2, 0) is 0 Å². The molecule has 1 aliphatic rings. The SMILES string of the molecule is COc1ccc(NC(N)=NCC2(O)CCCCC2)cc1.I. The van der Waals surface area contributed by atoms with Crippen LogP contribution in [-0.4, -0.2) is 30.3 Å². The van der Waals surface area contributed by atoms with Crippen LogP contribution >= 0.6 is 24.0 Å². The van der Waals surface area contributed by atoms with E-state index in [1.165, 1.54) is 6.42 Å². The minimum atomic E-state index is -0.676. The Hall–Kier alpha value is -1.02. The fourth-order valence-corrected chi connectivity index (χ4v) is 2.46. The maximum atomic E-state index is 10.3. The average molecular weight is 405 g/mol. The van der Waals surface area contributed by atoms with Crippen molar-refractivity contribution in [3.8, 4) is 5.75 Å². The minimum Gasteiger partial charge on any atom is -0.497 e. The molecule has 1 aromatic carbocycles. The number of halogens is 1. The van der Waals surface area contributed by atoms with Crippen molar-refractivity contribution >= 4 is 35.6 Å². The average Bonchev–Trinajstić information content (AvgIpc) is 2.47. The van der Waals surface area contributed by atoms with E-state index in [2.05, 4.69) is 10.3 Å². The molecule has 0 radical (unpaired) electrons. The summed E-state index contributed by atoms with van der Waals surface area (Å²) in [6, 6.07) is 7.45. The van der Waals surface area contributed by atoms with Gasteiger partial charge in [0.25, 0.3) is 0 Å². The first-order valence-corrected chi connectivity index (χ1v) is 7.05. The van der Waals surface area contributed by atoms with Crippen molar-refractivity contribution in [3.05, 3.63) is 24.3 Å². The Balaban J connectivity index is 0.00000220. The maximum absolute atomic E-state index is 10.3. The predicted molar refractivity (Wildman–Crippen MR) is 96.6 cm³/mol. The predicted octanol–water partition coefficient (Wildman–Crippen LogP) is 2.74. The molecule has 0 atom stereocenters. The van der Waals surface area contributed by atoms with Crippen molar-refractivity contribution in [1.82, 2.24) is 0 Å². The first kappa shape index (κ1) is 18.0. The monoisotopic (exact) mass is 405 g/mol. The topological polar surface area (TPSA) is 79.9 Å². The summed E-state index contributed by atoms with van der Waals surface area (Å²) in [5.41, 5.74) is 6.02. The summed E-state index contributed by atoms with van der Waals surface area (Å²) in [5, 5.41) is 13.4. The molecule has 1 fully saturated rings. The van der Waals surface area contributed by atoms with Gasteiger partial charge >= 0.3 is 0 Å². The van der Waals surface area contributed by atoms with Gasteiger partial charge in [-0.05, 0) is 37.1 Å². The molecule has 0 aromatic heterocycles. The molecule has 2 rings (SSSR count). The molecule has 0 amide bonds. The number of hydrogen-bond acceptors (Lipinski definition) is 3. The number of ether oxygens (including phenoxy) is 1. The molecular formula is C15H24IN3O2. The number of aliphatic hydroxyl groups is 1. The highest BCUT2D eigenvalue weighted by Gasteiger charge is 2.28. The summed E-state index contributed by atoms with van der Waals surface area (Å²) in [5.74, 6) is 1.12. The van der Waals surface area contributed by atoms with E-state index >= 15 is 0 Å². The standard InChI is InChI=1S/C15H23N3O2.HI/c1-20-13-7-5-12(6-8-13)18-14(16)17-11-15(19)9-3-2-4-10-15;/h5-8,19H,2-4,9-11H2,1H3,(H3,16,17,18);1H. The van der Waals surface area contributed by atoms with Gasteiger partial charge in [0.1, 0.15) is 5.75 Å². The third kappa shape index (κ3) is 5.70. The highest BCUT2D eigenvalue weighted by molar-refractivity contribution is 14.0. The molecule has 0 saturated heterocycles. The first-order chi connectivity index (χ1) is 9.61. The summed E-state index contributed by atoms with van der Waals surface area (Å²) in [6.07, 6.45) is 4.96. The van der Waals surface area contributed by atoms with E-state index in [1.807, 2.05) is 24.3 Å². The van der Waals surface area contributed by atoms with Crippen LogP contribution in [0.25, 0.3) is 0 Å². The molecule has 0 unspecified atom stereocenters. The molecule has 0 bridgehead atoms. The van der Waals surface area contributed by atoms with Crippen LogP contribution in [0.2, 0.25) is 0 Å². The van der Waals surface area contributed by atoms with E-state index in [0.717, 1.165) is 37.1 Å². The third-order valence-electron chi connectivity index (χ3n) is 3.69. The van der Waals surface area contributed by atoms with Crippen molar-refractivity contribution in [2.75, 3.05) is 19.0 Å². The van der Waals surface area contributed by atoms with Crippen LogP contribution < -0.4 is 15.8 Å². The molecule has 0 spiro atoms. The number of nitrogens with two attached hydrogens (primary N) is 1. The Morgan fingerprint density at radius 3 is 2.48 bits per heavy atom. The van der Waals surface area contributed by atoms with Crippen molar-refractivity contribution in [2.45, 2.75) is 37.7 Å². The van der Waals surface area contributed by atoms with E-state index in [4.69, 9.17) is 10.5 Å².